The summed E-state index contributed by atoms with van der Waals surface area (Å²) in [6.07, 6.45) is 11.2. The van der Waals surface area contributed by atoms with Crippen molar-refractivity contribution in [1.82, 2.24) is 0 Å². The molecule has 2 N–H and O–H groups in total. The number of rotatable bonds is 3. The Labute approximate surface area is 75.7 Å². The molecule has 0 aliphatic heterocycles. The van der Waals surface area contributed by atoms with E-state index in [-0.39, 0.29) is 6.04 Å². The Balaban J connectivity index is 2.31. The summed E-state index contributed by atoms with van der Waals surface area (Å²) in [5.74, 6) is 4.27. The molecule has 0 aromatic rings. The molecule has 12 heavy (non-hydrogen) atoms. The van der Waals surface area contributed by atoms with Crippen molar-refractivity contribution in [1.29, 1.82) is 0 Å². The van der Waals surface area contributed by atoms with E-state index in [1.807, 2.05) is 0 Å². The smallest absolute Gasteiger partial charge is 0.0241 e. The highest BCUT2D eigenvalue weighted by atomic mass is 14.7. The lowest BCUT2D eigenvalue weighted by atomic mass is 9.94. The van der Waals surface area contributed by atoms with Gasteiger partial charge >= 0.3 is 0 Å². The average Bonchev–Trinajstić information content (AvgIpc) is 2.52. The second kappa shape index (κ2) is 4.52. The molecule has 0 spiro atoms. The molecular formula is C11H19N. The molecule has 0 amide bonds. The lowest BCUT2D eigenvalue weighted by Crippen LogP contribution is -2.27. The second-order valence-electron chi connectivity index (χ2n) is 3.92. The number of hydrogen-bond acceptors (Lipinski definition) is 1. The zero-order valence-corrected chi connectivity index (χ0v) is 7.92. The molecule has 1 heteroatoms. The van der Waals surface area contributed by atoms with Crippen molar-refractivity contribution in [3.63, 3.8) is 0 Å². The summed E-state index contributed by atoms with van der Waals surface area (Å²) in [6.45, 7) is 2.26. The zero-order valence-electron chi connectivity index (χ0n) is 7.92. The molecule has 0 bridgehead atoms. The third kappa shape index (κ3) is 2.25. The molecule has 0 aromatic carbocycles. The minimum Gasteiger partial charge on any atom is -0.327 e. The molecule has 1 fully saturated rings. The van der Waals surface area contributed by atoms with Gasteiger partial charge in [0.1, 0.15) is 0 Å². The van der Waals surface area contributed by atoms with E-state index in [4.69, 9.17) is 12.2 Å². The van der Waals surface area contributed by atoms with Crippen LogP contribution in [0.5, 0.6) is 0 Å². The van der Waals surface area contributed by atoms with Gasteiger partial charge in [0.05, 0.1) is 0 Å². The van der Waals surface area contributed by atoms with E-state index < -0.39 is 0 Å². The van der Waals surface area contributed by atoms with Gasteiger partial charge in [0.25, 0.3) is 0 Å². The fourth-order valence-corrected chi connectivity index (χ4v) is 2.18. The van der Waals surface area contributed by atoms with Gasteiger partial charge in [0.2, 0.25) is 0 Å². The van der Waals surface area contributed by atoms with E-state index in [9.17, 15) is 0 Å². The van der Waals surface area contributed by atoms with Crippen LogP contribution < -0.4 is 5.73 Å². The maximum absolute atomic E-state index is 5.96. The van der Waals surface area contributed by atoms with Crippen LogP contribution in [0.2, 0.25) is 0 Å². The van der Waals surface area contributed by atoms with Gasteiger partial charge in [-0.05, 0) is 24.7 Å². The third-order valence-electron chi connectivity index (χ3n) is 3.12. The van der Waals surface area contributed by atoms with E-state index in [0.717, 1.165) is 12.3 Å². The van der Waals surface area contributed by atoms with Crippen LogP contribution in [-0.2, 0) is 0 Å². The van der Waals surface area contributed by atoms with Crippen molar-refractivity contribution in [2.45, 2.75) is 45.1 Å². The minimum absolute atomic E-state index is 0.256. The standard InChI is InChI=1S/C11H19N/c1-3-5-11(12)10-7-6-9(4-2)8-10/h1,9-11H,4-8,12H2,2H3. The number of hydrogen-bond donors (Lipinski definition) is 1. The van der Waals surface area contributed by atoms with Gasteiger partial charge in [0.15, 0.2) is 0 Å². The molecule has 1 aliphatic carbocycles. The van der Waals surface area contributed by atoms with Crippen LogP contribution in [0.1, 0.15) is 39.0 Å². The summed E-state index contributed by atoms with van der Waals surface area (Å²) >= 11 is 0. The fraction of sp³-hybridized carbons (Fsp3) is 0.818. The highest BCUT2D eigenvalue weighted by Crippen LogP contribution is 2.34. The largest absolute Gasteiger partial charge is 0.327 e. The molecular weight excluding hydrogens is 146 g/mol. The van der Waals surface area contributed by atoms with Gasteiger partial charge in [0, 0.05) is 12.5 Å². The summed E-state index contributed by atoms with van der Waals surface area (Å²) in [7, 11) is 0. The predicted octanol–water partition coefficient (Wildman–Crippen LogP) is 2.16. The molecule has 1 aliphatic rings. The highest BCUT2D eigenvalue weighted by molar-refractivity contribution is 4.93. The minimum atomic E-state index is 0.256. The molecule has 1 saturated carbocycles. The van der Waals surface area contributed by atoms with Crippen LogP contribution >= 0.6 is 0 Å². The highest BCUT2D eigenvalue weighted by Gasteiger charge is 2.27. The molecule has 0 radical (unpaired) electrons. The Kier molecular flexibility index (Phi) is 3.62. The quantitative estimate of drug-likeness (QED) is 0.637. The van der Waals surface area contributed by atoms with Crippen LogP contribution in [0.4, 0.5) is 0 Å². The lowest BCUT2D eigenvalue weighted by molar-refractivity contribution is 0.412. The van der Waals surface area contributed by atoms with Crippen LogP contribution in [0.15, 0.2) is 0 Å². The first-order chi connectivity index (χ1) is 5.77. The summed E-state index contributed by atoms with van der Waals surface area (Å²) < 4.78 is 0. The summed E-state index contributed by atoms with van der Waals surface area (Å²) in [5.41, 5.74) is 5.96. The molecule has 68 valence electrons. The predicted molar refractivity (Wildman–Crippen MR) is 52.5 cm³/mol. The van der Waals surface area contributed by atoms with E-state index >= 15 is 0 Å². The molecule has 3 unspecified atom stereocenters. The zero-order chi connectivity index (χ0) is 8.97. The molecule has 0 heterocycles. The molecule has 1 nitrogen and oxygen atoms in total. The van der Waals surface area contributed by atoms with Gasteiger partial charge in [-0.1, -0.05) is 19.8 Å². The Morgan fingerprint density at radius 1 is 1.58 bits per heavy atom. The van der Waals surface area contributed by atoms with Gasteiger partial charge in [-0.3, -0.25) is 0 Å². The van der Waals surface area contributed by atoms with Crippen LogP contribution in [0.3, 0.4) is 0 Å². The maximum atomic E-state index is 5.96. The third-order valence-corrected chi connectivity index (χ3v) is 3.12. The van der Waals surface area contributed by atoms with Crippen molar-refractivity contribution in [3.8, 4) is 12.3 Å². The van der Waals surface area contributed by atoms with E-state index in [1.54, 1.807) is 0 Å². The van der Waals surface area contributed by atoms with Gasteiger partial charge in [-0.2, -0.15) is 0 Å². The van der Waals surface area contributed by atoms with Gasteiger partial charge < -0.3 is 5.73 Å². The van der Waals surface area contributed by atoms with Crippen molar-refractivity contribution in [2.75, 3.05) is 0 Å². The first-order valence-corrected chi connectivity index (χ1v) is 4.97. The Bertz CT molecular complexity index is 168. The Morgan fingerprint density at radius 3 is 2.83 bits per heavy atom. The Hall–Kier alpha value is -0.480. The Morgan fingerprint density at radius 2 is 2.33 bits per heavy atom. The normalized spacial score (nSPS) is 31.4. The van der Waals surface area contributed by atoms with E-state index in [0.29, 0.717) is 5.92 Å². The molecule has 1 rings (SSSR count). The SMILES string of the molecule is C#CCC(N)C1CCC(CC)C1. The van der Waals surface area contributed by atoms with Crippen LogP contribution in [-0.4, -0.2) is 6.04 Å². The monoisotopic (exact) mass is 165 g/mol. The summed E-state index contributed by atoms with van der Waals surface area (Å²) in [4.78, 5) is 0. The molecule has 3 atom stereocenters. The maximum Gasteiger partial charge on any atom is 0.0241 e. The van der Waals surface area contributed by atoms with E-state index in [2.05, 4.69) is 12.8 Å². The summed E-state index contributed by atoms with van der Waals surface area (Å²) in [6, 6.07) is 0.256. The van der Waals surface area contributed by atoms with Crippen molar-refractivity contribution >= 4 is 0 Å². The number of nitrogens with two attached hydrogens (primary N) is 1. The first kappa shape index (κ1) is 9.61. The van der Waals surface area contributed by atoms with Crippen molar-refractivity contribution in [3.05, 3.63) is 0 Å². The van der Waals surface area contributed by atoms with Crippen LogP contribution in [0, 0.1) is 24.2 Å². The molecule has 0 aromatic heterocycles. The van der Waals surface area contributed by atoms with Gasteiger partial charge in [-0.25, -0.2) is 0 Å². The average molecular weight is 165 g/mol. The second-order valence-corrected chi connectivity index (χ2v) is 3.92. The van der Waals surface area contributed by atoms with Crippen molar-refractivity contribution < 1.29 is 0 Å². The topological polar surface area (TPSA) is 26.0 Å². The summed E-state index contributed by atoms with van der Waals surface area (Å²) in [5, 5.41) is 0. The van der Waals surface area contributed by atoms with Crippen LogP contribution in [0.25, 0.3) is 0 Å². The van der Waals surface area contributed by atoms with Gasteiger partial charge in [-0.15, -0.1) is 12.3 Å². The van der Waals surface area contributed by atoms with E-state index in [1.165, 1.54) is 25.7 Å². The first-order valence-electron chi connectivity index (χ1n) is 4.97. The lowest BCUT2D eigenvalue weighted by Gasteiger charge is -2.16. The molecule has 0 saturated heterocycles. The number of terminal acetylenes is 1. The fourth-order valence-electron chi connectivity index (χ4n) is 2.18. The van der Waals surface area contributed by atoms with Crippen molar-refractivity contribution in [2.24, 2.45) is 17.6 Å².